The lowest BCUT2D eigenvalue weighted by Crippen LogP contribution is -2.30. The highest BCUT2D eigenvalue weighted by Gasteiger charge is 2.19. The predicted molar refractivity (Wildman–Crippen MR) is 312 cm³/mol. The Kier molecular flexibility index (Phi) is 58.2. The average Bonchev–Trinajstić information content (AvgIpc) is 3.38. The monoisotopic (exact) mass is 1010 g/mol. The van der Waals surface area contributed by atoms with Gasteiger partial charge in [0.1, 0.15) is 13.2 Å². The molecule has 0 aromatic carbocycles. The van der Waals surface area contributed by atoms with Crippen LogP contribution in [-0.4, -0.2) is 37.2 Å². The van der Waals surface area contributed by atoms with Crippen LogP contribution in [0.1, 0.15) is 323 Å². The number of esters is 3. The molecular formula is C66H118O6. The average molecular weight is 1010 g/mol. The molecule has 0 N–H and O–H groups in total. The van der Waals surface area contributed by atoms with Gasteiger partial charge in [0.05, 0.1) is 0 Å². The SMILES string of the molecule is CCCCCCC/C=C\C/C=C\C/C=C\CCCCCCCCC(=O)OCC(COC(=O)CCCCCCC/C=C\CCCCCCC)OC(=O)CCCCCCCCCCC/C=C\CCCCCCCC. The summed E-state index contributed by atoms with van der Waals surface area (Å²) in [5.41, 5.74) is 0. The molecule has 0 radical (unpaired) electrons. The van der Waals surface area contributed by atoms with E-state index in [1.165, 1.54) is 199 Å². The zero-order chi connectivity index (χ0) is 52.2. The van der Waals surface area contributed by atoms with Crippen LogP contribution in [0.15, 0.2) is 60.8 Å². The van der Waals surface area contributed by atoms with Crippen molar-refractivity contribution in [2.75, 3.05) is 13.2 Å². The van der Waals surface area contributed by atoms with Gasteiger partial charge in [-0.05, 0) is 109 Å². The van der Waals surface area contributed by atoms with E-state index in [2.05, 4.69) is 81.5 Å². The highest BCUT2D eigenvalue weighted by Crippen LogP contribution is 2.16. The second-order valence-electron chi connectivity index (χ2n) is 21.0. The number of hydrogen-bond donors (Lipinski definition) is 0. The molecule has 0 amide bonds. The van der Waals surface area contributed by atoms with E-state index in [4.69, 9.17) is 14.2 Å². The van der Waals surface area contributed by atoms with Gasteiger partial charge >= 0.3 is 17.9 Å². The molecule has 0 aliphatic heterocycles. The van der Waals surface area contributed by atoms with Crippen LogP contribution in [0.5, 0.6) is 0 Å². The van der Waals surface area contributed by atoms with Gasteiger partial charge in [-0.1, -0.05) is 255 Å². The van der Waals surface area contributed by atoms with Crippen LogP contribution in [0.4, 0.5) is 0 Å². The number of carbonyl (C=O) groups is 3. The number of carbonyl (C=O) groups excluding carboxylic acids is 3. The molecule has 0 rings (SSSR count). The van der Waals surface area contributed by atoms with Crippen molar-refractivity contribution in [2.45, 2.75) is 329 Å². The Labute approximate surface area is 447 Å². The molecule has 0 saturated carbocycles. The number of unbranched alkanes of at least 4 members (excludes halogenated alkanes) is 36. The quantitative estimate of drug-likeness (QED) is 0.0261. The van der Waals surface area contributed by atoms with Gasteiger partial charge in [-0.2, -0.15) is 0 Å². The zero-order valence-electron chi connectivity index (χ0n) is 47.9. The summed E-state index contributed by atoms with van der Waals surface area (Å²) in [7, 11) is 0. The fraction of sp³-hybridized carbons (Fsp3) is 0.803. The molecule has 418 valence electrons. The van der Waals surface area contributed by atoms with Crippen LogP contribution in [-0.2, 0) is 28.6 Å². The third-order valence-corrected chi connectivity index (χ3v) is 13.7. The van der Waals surface area contributed by atoms with Gasteiger partial charge in [-0.25, -0.2) is 0 Å². The van der Waals surface area contributed by atoms with E-state index in [1.54, 1.807) is 0 Å². The molecule has 72 heavy (non-hydrogen) atoms. The van der Waals surface area contributed by atoms with Crippen molar-refractivity contribution >= 4 is 17.9 Å². The van der Waals surface area contributed by atoms with Crippen molar-refractivity contribution in [2.24, 2.45) is 0 Å². The first-order chi connectivity index (χ1) is 35.5. The van der Waals surface area contributed by atoms with Gasteiger partial charge in [0.15, 0.2) is 6.10 Å². The van der Waals surface area contributed by atoms with Gasteiger partial charge in [0.25, 0.3) is 0 Å². The summed E-state index contributed by atoms with van der Waals surface area (Å²) in [5, 5.41) is 0. The topological polar surface area (TPSA) is 78.9 Å². The molecule has 0 heterocycles. The Hall–Kier alpha value is -2.89. The molecule has 0 aliphatic carbocycles. The second-order valence-corrected chi connectivity index (χ2v) is 21.0. The fourth-order valence-corrected chi connectivity index (χ4v) is 8.97. The van der Waals surface area contributed by atoms with E-state index in [1.807, 2.05) is 0 Å². The first kappa shape index (κ1) is 69.1. The fourth-order valence-electron chi connectivity index (χ4n) is 8.97. The maximum Gasteiger partial charge on any atom is 0.306 e. The van der Waals surface area contributed by atoms with Crippen molar-refractivity contribution in [1.82, 2.24) is 0 Å². The van der Waals surface area contributed by atoms with Crippen LogP contribution >= 0.6 is 0 Å². The first-order valence-electron chi connectivity index (χ1n) is 31.3. The van der Waals surface area contributed by atoms with Gasteiger partial charge < -0.3 is 14.2 Å². The normalized spacial score (nSPS) is 12.4. The van der Waals surface area contributed by atoms with E-state index >= 15 is 0 Å². The first-order valence-corrected chi connectivity index (χ1v) is 31.3. The Morgan fingerprint density at radius 3 is 0.792 bits per heavy atom. The largest absolute Gasteiger partial charge is 0.462 e. The van der Waals surface area contributed by atoms with Crippen molar-refractivity contribution in [3.8, 4) is 0 Å². The summed E-state index contributed by atoms with van der Waals surface area (Å²) in [5.74, 6) is -0.890. The molecule has 0 saturated heterocycles. The molecule has 1 atom stereocenters. The Morgan fingerprint density at radius 1 is 0.278 bits per heavy atom. The molecule has 0 fully saturated rings. The summed E-state index contributed by atoms with van der Waals surface area (Å²) < 4.78 is 16.9. The minimum absolute atomic E-state index is 0.0822. The van der Waals surface area contributed by atoms with E-state index in [-0.39, 0.29) is 31.1 Å². The lowest BCUT2D eigenvalue weighted by Gasteiger charge is -2.18. The minimum Gasteiger partial charge on any atom is -0.462 e. The van der Waals surface area contributed by atoms with Crippen molar-refractivity contribution < 1.29 is 28.6 Å². The molecule has 0 aliphatic rings. The summed E-state index contributed by atoms with van der Waals surface area (Å²) in [4.78, 5) is 38.3. The minimum atomic E-state index is -0.785. The Bertz CT molecular complexity index is 1290. The van der Waals surface area contributed by atoms with E-state index in [0.29, 0.717) is 19.3 Å². The third kappa shape index (κ3) is 58.0. The van der Waals surface area contributed by atoms with Gasteiger partial charge in [-0.3, -0.25) is 14.4 Å². The predicted octanol–water partition coefficient (Wildman–Crippen LogP) is 21.2. The lowest BCUT2D eigenvalue weighted by atomic mass is 10.1. The van der Waals surface area contributed by atoms with E-state index in [0.717, 1.165) is 83.5 Å². The van der Waals surface area contributed by atoms with Crippen LogP contribution in [0, 0.1) is 0 Å². The molecule has 1 unspecified atom stereocenters. The Balaban J connectivity index is 4.38. The van der Waals surface area contributed by atoms with E-state index in [9.17, 15) is 14.4 Å². The van der Waals surface area contributed by atoms with Crippen molar-refractivity contribution in [3.05, 3.63) is 60.8 Å². The Morgan fingerprint density at radius 2 is 0.500 bits per heavy atom. The number of allylic oxidation sites excluding steroid dienone is 10. The lowest BCUT2D eigenvalue weighted by molar-refractivity contribution is -0.167. The third-order valence-electron chi connectivity index (χ3n) is 13.7. The number of ether oxygens (including phenoxy) is 3. The maximum absolute atomic E-state index is 12.9. The van der Waals surface area contributed by atoms with E-state index < -0.39 is 6.10 Å². The summed E-state index contributed by atoms with van der Waals surface area (Å²) in [6, 6.07) is 0. The summed E-state index contributed by atoms with van der Waals surface area (Å²) >= 11 is 0. The van der Waals surface area contributed by atoms with Crippen molar-refractivity contribution in [3.63, 3.8) is 0 Å². The molecule has 0 bridgehead atoms. The molecule has 6 heteroatoms. The highest BCUT2D eigenvalue weighted by atomic mass is 16.6. The second kappa shape index (κ2) is 60.7. The van der Waals surface area contributed by atoms with Crippen LogP contribution < -0.4 is 0 Å². The van der Waals surface area contributed by atoms with Gasteiger partial charge in [0.2, 0.25) is 0 Å². The summed E-state index contributed by atoms with van der Waals surface area (Å²) in [6.07, 6.45) is 76.4. The zero-order valence-corrected chi connectivity index (χ0v) is 47.9. The molecule has 6 nitrogen and oxygen atoms in total. The molecule has 0 aromatic heterocycles. The van der Waals surface area contributed by atoms with Crippen molar-refractivity contribution in [1.29, 1.82) is 0 Å². The van der Waals surface area contributed by atoms with Crippen LogP contribution in [0.2, 0.25) is 0 Å². The van der Waals surface area contributed by atoms with Crippen LogP contribution in [0.3, 0.4) is 0 Å². The molecule has 0 aromatic rings. The maximum atomic E-state index is 12.9. The highest BCUT2D eigenvalue weighted by molar-refractivity contribution is 5.71. The standard InChI is InChI=1S/C66H118O6/c1-4-7-10-13-16-19-22-25-28-30-32-33-35-36-38-41-44-47-50-53-56-59-65(68)71-62-63(61-70-64(67)58-55-52-49-46-43-40-27-24-21-18-15-12-9-6-3)72-66(69)60-57-54-51-48-45-42-39-37-34-31-29-26-23-20-17-14-11-8-5-2/h22,24-27,29-30,32,35-36,63H,4-21,23,28,31,33-34,37-62H2,1-3H3/b25-22-,27-24-,29-26-,32-30-,36-35-. The molecule has 0 spiro atoms. The van der Waals surface area contributed by atoms with Gasteiger partial charge in [-0.15, -0.1) is 0 Å². The smallest absolute Gasteiger partial charge is 0.306 e. The van der Waals surface area contributed by atoms with Crippen LogP contribution in [0.25, 0.3) is 0 Å². The van der Waals surface area contributed by atoms with Gasteiger partial charge in [0, 0.05) is 19.3 Å². The summed E-state index contributed by atoms with van der Waals surface area (Å²) in [6.45, 7) is 6.63. The molecular weight excluding hydrogens is 889 g/mol. The number of rotatable bonds is 57. The number of hydrogen-bond acceptors (Lipinski definition) is 6.